The lowest BCUT2D eigenvalue weighted by atomic mass is 10.1. The molecule has 0 aromatic heterocycles. The molecule has 0 rings (SSSR count). The summed E-state index contributed by atoms with van der Waals surface area (Å²) in [5.74, 6) is -0.904. The molecule has 0 aliphatic rings. The van der Waals surface area contributed by atoms with Crippen LogP contribution in [-0.4, -0.2) is 37.2 Å². The number of hydrogen-bond acceptors (Lipinski definition) is 6. The van der Waals surface area contributed by atoms with Crippen LogP contribution in [0.25, 0.3) is 0 Å². The number of ether oxygens (including phenoxy) is 3. The topological polar surface area (TPSA) is 78.9 Å². The van der Waals surface area contributed by atoms with E-state index in [4.69, 9.17) is 14.2 Å². The van der Waals surface area contributed by atoms with Crippen molar-refractivity contribution in [2.24, 2.45) is 0 Å². The molecule has 1 atom stereocenters. The van der Waals surface area contributed by atoms with E-state index in [1.807, 2.05) is 0 Å². The smallest absolute Gasteiger partial charge is 0.306 e. The van der Waals surface area contributed by atoms with Gasteiger partial charge in [-0.2, -0.15) is 0 Å². The maximum atomic E-state index is 12.9. The highest BCUT2D eigenvalue weighted by Gasteiger charge is 2.19. The van der Waals surface area contributed by atoms with Gasteiger partial charge in [-0.25, -0.2) is 0 Å². The quantitative estimate of drug-likeness (QED) is 0.0261. The molecule has 0 aromatic rings. The Hall–Kier alpha value is -3.67. The van der Waals surface area contributed by atoms with E-state index in [9.17, 15) is 14.4 Å². The first-order valence-corrected chi connectivity index (χ1v) is 32.2. The third-order valence-corrected chi connectivity index (χ3v) is 13.8. The summed E-state index contributed by atoms with van der Waals surface area (Å²) in [4.78, 5) is 38.4. The first kappa shape index (κ1) is 72.3. The minimum atomic E-state index is -0.792. The lowest BCUT2D eigenvalue weighted by Gasteiger charge is -2.18. The number of carbonyl (C=O) groups is 3. The average molecular weight is 1060 g/mol. The van der Waals surface area contributed by atoms with E-state index in [1.165, 1.54) is 154 Å². The van der Waals surface area contributed by atoms with Gasteiger partial charge >= 0.3 is 17.9 Å². The van der Waals surface area contributed by atoms with Crippen LogP contribution in [0.2, 0.25) is 0 Å². The molecule has 0 amide bonds. The summed E-state index contributed by atoms with van der Waals surface area (Å²) < 4.78 is 16.9. The maximum Gasteiger partial charge on any atom is 0.306 e. The Balaban J connectivity index is 4.41. The van der Waals surface area contributed by atoms with Gasteiger partial charge in [0, 0.05) is 19.3 Å². The third kappa shape index (κ3) is 61.2. The second-order valence-electron chi connectivity index (χ2n) is 21.3. The third-order valence-electron chi connectivity index (χ3n) is 13.8. The van der Waals surface area contributed by atoms with E-state index in [-0.39, 0.29) is 31.1 Å². The number of unbranched alkanes of at least 4 members (excludes halogenated alkanes) is 31. The van der Waals surface area contributed by atoms with Gasteiger partial charge in [-0.15, -0.1) is 0 Å². The Kier molecular flexibility index (Phi) is 60.8. The second kappa shape index (κ2) is 63.9. The highest BCUT2D eigenvalue weighted by atomic mass is 16.6. The molecule has 0 aliphatic carbocycles. The molecule has 0 bridgehead atoms. The summed E-state index contributed by atoms with van der Waals surface area (Å²) >= 11 is 0. The molecule has 76 heavy (non-hydrogen) atoms. The zero-order chi connectivity index (χ0) is 55.0. The summed E-state index contributed by atoms with van der Waals surface area (Å²) in [5, 5.41) is 0. The molecular weight excluding hydrogens is 937 g/mol. The van der Waals surface area contributed by atoms with E-state index in [2.05, 4.69) is 118 Å². The van der Waals surface area contributed by atoms with Crippen molar-refractivity contribution in [1.82, 2.24) is 0 Å². The van der Waals surface area contributed by atoms with Gasteiger partial charge in [-0.3, -0.25) is 14.4 Å². The average Bonchev–Trinajstić information content (AvgIpc) is 3.42. The zero-order valence-electron chi connectivity index (χ0n) is 50.0. The Bertz CT molecular complexity index is 1490. The van der Waals surface area contributed by atoms with Crippen molar-refractivity contribution < 1.29 is 28.6 Å². The zero-order valence-corrected chi connectivity index (χ0v) is 50.0. The minimum absolute atomic E-state index is 0.0883. The molecule has 6 heteroatoms. The van der Waals surface area contributed by atoms with Gasteiger partial charge in [0.2, 0.25) is 0 Å². The Labute approximate surface area is 470 Å². The van der Waals surface area contributed by atoms with Crippen LogP contribution in [0.4, 0.5) is 0 Å². The van der Waals surface area contributed by atoms with Crippen LogP contribution in [0.1, 0.15) is 310 Å². The van der Waals surface area contributed by atoms with Crippen molar-refractivity contribution in [3.8, 4) is 0 Å². The number of rotatable bonds is 58. The molecular formula is C70H120O6. The van der Waals surface area contributed by atoms with Gasteiger partial charge in [0.15, 0.2) is 6.10 Å². The summed E-state index contributed by atoms with van der Waals surface area (Å²) in [6.45, 7) is 6.51. The molecule has 0 heterocycles. The lowest BCUT2D eigenvalue weighted by Crippen LogP contribution is -2.30. The summed E-state index contributed by atoms with van der Waals surface area (Å²) in [6.07, 6.45) is 85.4. The van der Waals surface area contributed by atoms with Gasteiger partial charge in [0.25, 0.3) is 0 Å². The first-order chi connectivity index (χ1) is 37.5. The van der Waals surface area contributed by atoms with Gasteiger partial charge in [0.05, 0.1) is 0 Å². The van der Waals surface area contributed by atoms with Gasteiger partial charge in [0.1, 0.15) is 13.2 Å². The van der Waals surface area contributed by atoms with E-state index in [0.29, 0.717) is 19.3 Å². The molecule has 0 aliphatic heterocycles. The van der Waals surface area contributed by atoms with Gasteiger partial charge in [-0.1, -0.05) is 266 Å². The molecule has 0 spiro atoms. The Morgan fingerprint density at radius 3 is 0.829 bits per heavy atom. The highest BCUT2D eigenvalue weighted by Crippen LogP contribution is 2.16. The van der Waals surface area contributed by atoms with Crippen LogP contribution in [0.5, 0.6) is 0 Å². The van der Waals surface area contributed by atoms with Gasteiger partial charge < -0.3 is 14.2 Å². The molecule has 0 aromatic carbocycles. The number of carbonyl (C=O) groups excluding carboxylic acids is 3. The molecule has 6 nitrogen and oxygen atoms in total. The first-order valence-electron chi connectivity index (χ1n) is 32.2. The van der Waals surface area contributed by atoms with Crippen LogP contribution < -0.4 is 0 Å². The highest BCUT2D eigenvalue weighted by molar-refractivity contribution is 5.71. The van der Waals surface area contributed by atoms with Crippen molar-refractivity contribution in [3.63, 3.8) is 0 Å². The predicted octanol–water partition coefficient (Wildman–Crippen LogP) is 22.0. The number of allylic oxidation sites excluding steroid dienone is 16. The standard InChI is InChI=1S/C70H120O6/c1-4-7-10-13-16-19-22-25-28-31-33-34-35-36-38-39-42-45-48-51-54-57-60-63-69(72)75-66-67(65-74-68(71)62-59-56-53-50-47-44-41-30-27-24-21-18-15-12-9-6-3)76-70(73)64-61-58-55-52-49-46-43-40-37-32-29-26-23-20-17-14-11-8-5-2/h7,10,16,19,21,24-26,28-30,33-34,36,38,41,67H,4-6,8-9,11-15,17-18,20,22-23,27,31-32,35,37,39-40,42-66H2,1-3H3/b10-7-,19-16-,24-21-,28-25-,29-26-,34-33-,38-36-,41-30-. The van der Waals surface area contributed by atoms with Crippen molar-refractivity contribution in [2.45, 2.75) is 316 Å². The van der Waals surface area contributed by atoms with Crippen LogP contribution in [0.3, 0.4) is 0 Å². The molecule has 0 saturated carbocycles. The minimum Gasteiger partial charge on any atom is -0.462 e. The largest absolute Gasteiger partial charge is 0.462 e. The van der Waals surface area contributed by atoms with Crippen molar-refractivity contribution in [1.29, 1.82) is 0 Å². The van der Waals surface area contributed by atoms with Crippen LogP contribution in [0, 0.1) is 0 Å². The van der Waals surface area contributed by atoms with E-state index in [1.54, 1.807) is 0 Å². The fraction of sp³-hybridized carbons (Fsp3) is 0.729. The Morgan fingerprint density at radius 2 is 0.513 bits per heavy atom. The molecule has 436 valence electrons. The fourth-order valence-electron chi connectivity index (χ4n) is 8.97. The molecule has 0 N–H and O–H groups in total. The predicted molar refractivity (Wildman–Crippen MR) is 330 cm³/mol. The molecule has 0 fully saturated rings. The van der Waals surface area contributed by atoms with Crippen LogP contribution >= 0.6 is 0 Å². The lowest BCUT2D eigenvalue weighted by molar-refractivity contribution is -0.167. The molecule has 0 radical (unpaired) electrons. The SMILES string of the molecule is CC/C=C\C/C=C\C/C=C\C/C=C\C/C=C\CCCCCCCCCC(=O)OCC(COC(=O)CCCCCCC/C=C\C/C=C\CCCCCC)OC(=O)CCCCCCCCCCC/C=C\CCCCCCCC. The summed E-state index contributed by atoms with van der Waals surface area (Å²) in [6, 6.07) is 0. The maximum absolute atomic E-state index is 12.9. The van der Waals surface area contributed by atoms with Crippen molar-refractivity contribution in [2.75, 3.05) is 13.2 Å². The number of hydrogen-bond donors (Lipinski definition) is 0. The van der Waals surface area contributed by atoms with Crippen molar-refractivity contribution in [3.05, 3.63) is 97.2 Å². The fourth-order valence-corrected chi connectivity index (χ4v) is 8.97. The van der Waals surface area contributed by atoms with Crippen molar-refractivity contribution >= 4 is 17.9 Å². The normalized spacial score (nSPS) is 12.7. The van der Waals surface area contributed by atoms with E-state index >= 15 is 0 Å². The molecule has 0 saturated heterocycles. The summed E-state index contributed by atoms with van der Waals surface area (Å²) in [7, 11) is 0. The molecule has 1 unspecified atom stereocenters. The van der Waals surface area contributed by atoms with Crippen LogP contribution in [0.15, 0.2) is 97.2 Å². The second-order valence-corrected chi connectivity index (χ2v) is 21.3. The number of esters is 3. The van der Waals surface area contributed by atoms with E-state index < -0.39 is 6.10 Å². The van der Waals surface area contributed by atoms with Crippen LogP contribution in [-0.2, 0) is 28.6 Å². The van der Waals surface area contributed by atoms with E-state index in [0.717, 1.165) is 116 Å². The monoisotopic (exact) mass is 1060 g/mol. The Morgan fingerprint density at radius 1 is 0.276 bits per heavy atom. The summed E-state index contributed by atoms with van der Waals surface area (Å²) in [5.41, 5.74) is 0. The van der Waals surface area contributed by atoms with Gasteiger partial charge in [-0.05, 0) is 122 Å².